The van der Waals surface area contributed by atoms with Crippen LogP contribution < -0.4 is 15.4 Å². The average molecular weight is 329 g/mol. The van der Waals surface area contributed by atoms with Crippen LogP contribution in [0.2, 0.25) is 0 Å². The molecule has 23 heavy (non-hydrogen) atoms. The van der Waals surface area contributed by atoms with E-state index in [1.165, 1.54) is 28.4 Å². The van der Waals surface area contributed by atoms with E-state index < -0.39 is 11.8 Å². The Morgan fingerprint density at radius 2 is 2.04 bits per heavy atom. The number of primary amides is 1. The Bertz CT molecular complexity index is 824. The Morgan fingerprint density at radius 3 is 2.74 bits per heavy atom. The first-order valence-corrected chi connectivity index (χ1v) is 7.54. The summed E-state index contributed by atoms with van der Waals surface area (Å²) in [6.07, 6.45) is 1.58. The normalized spacial score (nSPS) is 10.3. The molecule has 0 saturated carbocycles. The van der Waals surface area contributed by atoms with Gasteiger partial charge in [0.2, 0.25) is 0 Å². The number of hydrogen-bond donors (Lipinski definition) is 1. The molecule has 5 nitrogen and oxygen atoms in total. The number of amides is 2. The van der Waals surface area contributed by atoms with Crippen LogP contribution in [0.5, 0.6) is 11.5 Å². The van der Waals surface area contributed by atoms with Crippen molar-refractivity contribution in [2.24, 2.45) is 5.73 Å². The van der Waals surface area contributed by atoms with Gasteiger partial charge in [0.25, 0.3) is 0 Å². The molecule has 0 unspecified atom stereocenters. The fraction of sp³-hybridized carbons (Fsp3) is 0. The first-order valence-electron chi connectivity index (χ1n) is 6.66. The molecule has 0 fully saturated rings. The molecule has 7 heteroatoms. The molecule has 0 saturated heterocycles. The molecule has 116 valence electrons. The van der Waals surface area contributed by atoms with Crippen LogP contribution in [-0.2, 0) is 0 Å². The van der Waals surface area contributed by atoms with Gasteiger partial charge in [0.15, 0.2) is 10.9 Å². The summed E-state index contributed by atoms with van der Waals surface area (Å²) in [5.74, 6) is 0.278. The summed E-state index contributed by atoms with van der Waals surface area (Å²) in [5.41, 5.74) is 5.91. The van der Waals surface area contributed by atoms with Gasteiger partial charge in [-0.25, -0.2) is 19.1 Å². The topological polar surface area (TPSA) is 68.5 Å². The van der Waals surface area contributed by atoms with Crippen molar-refractivity contribution < 1.29 is 13.9 Å². The number of hydrogen-bond acceptors (Lipinski definition) is 4. The van der Waals surface area contributed by atoms with E-state index in [2.05, 4.69) is 4.98 Å². The summed E-state index contributed by atoms with van der Waals surface area (Å²) >= 11 is 1.27. The quantitative estimate of drug-likeness (QED) is 0.776. The molecule has 0 aliphatic carbocycles. The number of carbonyl (C=O) groups is 1. The second-order valence-corrected chi connectivity index (χ2v) is 5.39. The highest BCUT2D eigenvalue weighted by molar-refractivity contribution is 7.13. The Hall–Kier alpha value is -2.93. The molecule has 0 aliphatic rings. The van der Waals surface area contributed by atoms with Crippen LogP contribution in [0.15, 0.2) is 60.1 Å². The first kappa shape index (κ1) is 15.0. The second-order valence-electron chi connectivity index (χ2n) is 4.52. The lowest BCUT2D eigenvalue weighted by atomic mass is 10.2. The van der Waals surface area contributed by atoms with Gasteiger partial charge in [0.1, 0.15) is 11.6 Å². The lowest BCUT2D eigenvalue weighted by molar-refractivity contribution is 0.256. The fourth-order valence-corrected chi connectivity index (χ4v) is 2.69. The maximum atomic E-state index is 13.3. The van der Waals surface area contributed by atoms with Crippen molar-refractivity contribution in [2.45, 2.75) is 0 Å². The monoisotopic (exact) mass is 329 g/mol. The zero-order chi connectivity index (χ0) is 16.2. The van der Waals surface area contributed by atoms with E-state index in [0.717, 1.165) is 0 Å². The van der Waals surface area contributed by atoms with Gasteiger partial charge in [-0.1, -0.05) is 18.2 Å². The number of rotatable bonds is 4. The zero-order valence-electron chi connectivity index (χ0n) is 11.8. The van der Waals surface area contributed by atoms with Gasteiger partial charge in [-0.2, -0.15) is 0 Å². The van der Waals surface area contributed by atoms with Gasteiger partial charge in [-0.15, -0.1) is 11.3 Å². The molecule has 0 atom stereocenters. The Kier molecular flexibility index (Phi) is 4.20. The summed E-state index contributed by atoms with van der Waals surface area (Å²) in [4.78, 5) is 17.2. The van der Waals surface area contributed by atoms with Crippen molar-refractivity contribution in [2.75, 3.05) is 4.90 Å². The minimum atomic E-state index is -0.685. The predicted molar refractivity (Wildman–Crippen MR) is 86.8 cm³/mol. The number of anilines is 2. The highest BCUT2D eigenvalue weighted by Crippen LogP contribution is 2.36. The smallest absolute Gasteiger partial charge is 0.325 e. The number of ether oxygens (including phenoxy) is 1. The van der Waals surface area contributed by atoms with Crippen molar-refractivity contribution in [3.05, 3.63) is 65.9 Å². The third-order valence-electron chi connectivity index (χ3n) is 2.96. The van der Waals surface area contributed by atoms with E-state index in [1.54, 1.807) is 48.0 Å². The largest absolute Gasteiger partial charge is 0.455 e. The van der Waals surface area contributed by atoms with Crippen LogP contribution in [-0.4, -0.2) is 11.0 Å². The van der Waals surface area contributed by atoms with E-state index >= 15 is 0 Å². The standard InChI is InChI=1S/C16H12FN3O2S/c17-11-4-3-5-12(10-11)22-14-7-2-1-6-13(14)20(15(18)21)16-19-8-9-23-16/h1-10H,(H2,18,21). The van der Waals surface area contributed by atoms with Crippen molar-refractivity contribution in [3.8, 4) is 11.5 Å². The van der Waals surface area contributed by atoms with Gasteiger partial charge < -0.3 is 10.5 Å². The Balaban J connectivity index is 2.01. The molecular formula is C16H12FN3O2S. The molecule has 0 radical (unpaired) electrons. The van der Waals surface area contributed by atoms with Gasteiger partial charge in [0, 0.05) is 17.6 Å². The van der Waals surface area contributed by atoms with E-state index in [0.29, 0.717) is 22.3 Å². The zero-order valence-corrected chi connectivity index (χ0v) is 12.7. The third-order valence-corrected chi connectivity index (χ3v) is 3.72. The minimum absolute atomic E-state index is 0.320. The molecule has 3 aromatic rings. The first-order chi connectivity index (χ1) is 11.1. The van der Waals surface area contributed by atoms with Crippen LogP contribution >= 0.6 is 11.3 Å². The van der Waals surface area contributed by atoms with Gasteiger partial charge in [-0.05, 0) is 24.3 Å². The number of nitrogens with zero attached hydrogens (tertiary/aromatic N) is 2. The van der Waals surface area contributed by atoms with E-state index in [9.17, 15) is 9.18 Å². The summed E-state index contributed by atoms with van der Waals surface area (Å²) in [7, 11) is 0. The molecule has 3 rings (SSSR count). The number of benzene rings is 2. The summed E-state index contributed by atoms with van der Waals surface area (Å²) in [5, 5.41) is 2.16. The number of halogens is 1. The van der Waals surface area contributed by atoms with Crippen LogP contribution in [0.1, 0.15) is 0 Å². The Labute approximate surface area is 135 Å². The van der Waals surface area contributed by atoms with E-state index in [1.807, 2.05) is 0 Å². The van der Waals surface area contributed by atoms with Crippen LogP contribution in [0.25, 0.3) is 0 Å². The third kappa shape index (κ3) is 3.29. The van der Waals surface area contributed by atoms with Gasteiger partial charge >= 0.3 is 6.03 Å². The fourth-order valence-electron chi connectivity index (χ4n) is 2.03. The number of thiazole rings is 1. The molecule has 1 aromatic heterocycles. The molecule has 1 heterocycles. The summed E-state index contributed by atoms with van der Waals surface area (Å²) in [6.45, 7) is 0. The number of urea groups is 1. The van der Waals surface area contributed by atoms with Crippen molar-refractivity contribution in [1.29, 1.82) is 0 Å². The molecule has 2 amide bonds. The second kappa shape index (κ2) is 6.45. The lowest BCUT2D eigenvalue weighted by Gasteiger charge is -2.20. The molecule has 2 aromatic carbocycles. The molecule has 0 aliphatic heterocycles. The maximum Gasteiger partial charge on any atom is 0.325 e. The van der Waals surface area contributed by atoms with E-state index in [4.69, 9.17) is 10.5 Å². The molecule has 0 spiro atoms. The van der Waals surface area contributed by atoms with Crippen LogP contribution in [0.4, 0.5) is 20.0 Å². The predicted octanol–water partition coefficient (Wildman–Crippen LogP) is 4.29. The van der Waals surface area contributed by atoms with Crippen LogP contribution in [0.3, 0.4) is 0 Å². The SMILES string of the molecule is NC(=O)N(c1nccs1)c1ccccc1Oc1cccc(F)c1. The summed E-state index contributed by atoms with van der Waals surface area (Å²) in [6, 6.07) is 11.9. The molecule has 2 N–H and O–H groups in total. The number of para-hydroxylation sites is 2. The van der Waals surface area contributed by atoms with Crippen molar-refractivity contribution in [3.63, 3.8) is 0 Å². The number of aromatic nitrogens is 1. The minimum Gasteiger partial charge on any atom is -0.455 e. The van der Waals surface area contributed by atoms with Crippen molar-refractivity contribution >= 4 is 28.2 Å². The maximum absolute atomic E-state index is 13.3. The highest BCUT2D eigenvalue weighted by Gasteiger charge is 2.21. The van der Waals surface area contributed by atoms with E-state index in [-0.39, 0.29) is 0 Å². The molecular weight excluding hydrogens is 317 g/mol. The average Bonchev–Trinajstić information content (AvgIpc) is 3.03. The van der Waals surface area contributed by atoms with Crippen LogP contribution in [0, 0.1) is 5.82 Å². The Morgan fingerprint density at radius 1 is 1.22 bits per heavy atom. The highest BCUT2D eigenvalue weighted by atomic mass is 32.1. The number of carbonyl (C=O) groups excluding carboxylic acids is 1. The summed E-state index contributed by atoms with van der Waals surface area (Å²) < 4.78 is 19.0. The lowest BCUT2D eigenvalue weighted by Crippen LogP contribution is -2.31. The van der Waals surface area contributed by atoms with Gasteiger partial charge in [0.05, 0.1) is 5.69 Å². The van der Waals surface area contributed by atoms with Gasteiger partial charge in [-0.3, -0.25) is 0 Å². The molecule has 0 bridgehead atoms. The van der Waals surface area contributed by atoms with Crippen molar-refractivity contribution in [1.82, 2.24) is 4.98 Å². The number of nitrogens with two attached hydrogens (primary N) is 1.